The standard InChI is InChI=1S/C11H18ClNO/c12-8-9-2-1-6-13(7-5-9)11(14)10-3-4-10/h9-10H,1-8H2. The highest BCUT2D eigenvalue weighted by atomic mass is 35.5. The number of carbonyl (C=O) groups is 1. The second-order valence-electron chi connectivity index (χ2n) is 4.55. The number of hydrogen-bond donors (Lipinski definition) is 0. The number of amides is 1. The Morgan fingerprint density at radius 1 is 1.21 bits per heavy atom. The molecule has 2 aliphatic rings. The van der Waals surface area contributed by atoms with Crippen LogP contribution < -0.4 is 0 Å². The van der Waals surface area contributed by atoms with Gasteiger partial charge in [0.25, 0.3) is 0 Å². The highest BCUT2D eigenvalue weighted by Crippen LogP contribution is 2.32. The van der Waals surface area contributed by atoms with Gasteiger partial charge in [-0.05, 0) is 38.0 Å². The first-order valence-electron chi connectivity index (χ1n) is 5.66. The van der Waals surface area contributed by atoms with Crippen molar-refractivity contribution in [1.82, 2.24) is 4.90 Å². The summed E-state index contributed by atoms with van der Waals surface area (Å²) in [5.41, 5.74) is 0. The van der Waals surface area contributed by atoms with Crippen LogP contribution in [-0.4, -0.2) is 29.8 Å². The summed E-state index contributed by atoms with van der Waals surface area (Å²) >= 11 is 5.85. The van der Waals surface area contributed by atoms with Crippen molar-refractivity contribution in [2.45, 2.75) is 32.1 Å². The molecular weight excluding hydrogens is 198 g/mol. The van der Waals surface area contributed by atoms with Crippen LogP contribution in [0.1, 0.15) is 32.1 Å². The van der Waals surface area contributed by atoms with Gasteiger partial charge in [-0.15, -0.1) is 11.6 Å². The molecule has 0 spiro atoms. The zero-order valence-electron chi connectivity index (χ0n) is 8.54. The van der Waals surface area contributed by atoms with E-state index in [0.29, 0.717) is 17.7 Å². The molecule has 0 aromatic rings. The number of alkyl halides is 1. The number of nitrogens with zero attached hydrogens (tertiary/aromatic N) is 1. The lowest BCUT2D eigenvalue weighted by atomic mass is 10.0. The van der Waals surface area contributed by atoms with Gasteiger partial charge in [0.05, 0.1) is 0 Å². The minimum atomic E-state index is 0.377. The van der Waals surface area contributed by atoms with Gasteiger partial charge in [0.1, 0.15) is 0 Å². The van der Waals surface area contributed by atoms with Crippen molar-refractivity contribution >= 4 is 17.5 Å². The van der Waals surface area contributed by atoms with E-state index in [1.807, 2.05) is 0 Å². The van der Waals surface area contributed by atoms with Gasteiger partial charge < -0.3 is 4.90 Å². The lowest BCUT2D eigenvalue weighted by Gasteiger charge is -2.20. The number of halogens is 1. The van der Waals surface area contributed by atoms with E-state index in [-0.39, 0.29) is 0 Å². The van der Waals surface area contributed by atoms with Crippen molar-refractivity contribution in [3.8, 4) is 0 Å². The van der Waals surface area contributed by atoms with Crippen molar-refractivity contribution in [3.05, 3.63) is 0 Å². The Hall–Kier alpha value is -0.240. The van der Waals surface area contributed by atoms with Crippen molar-refractivity contribution in [2.24, 2.45) is 11.8 Å². The monoisotopic (exact) mass is 215 g/mol. The lowest BCUT2D eigenvalue weighted by Crippen LogP contribution is -2.33. The molecule has 0 N–H and O–H groups in total. The van der Waals surface area contributed by atoms with Gasteiger partial charge in [0.15, 0.2) is 0 Å². The quantitative estimate of drug-likeness (QED) is 0.648. The maximum atomic E-state index is 11.8. The SMILES string of the molecule is O=C(C1CC1)N1CCCC(CCl)CC1. The Morgan fingerprint density at radius 2 is 2.00 bits per heavy atom. The first-order chi connectivity index (χ1) is 6.81. The summed E-state index contributed by atoms with van der Waals surface area (Å²) in [6.07, 6.45) is 5.66. The van der Waals surface area contributed by atoms with E-state index in [1.54, 1.807) is 0 Å². The molecule has 1 amide bonds. The fourth-order valence-corrected chi connectivity index (χ4v) is 2.44. The second kappa shape index (κ2) is 4.52. The smallest absolute Gasteiger partial charge is 0.225 e. The molecule has 1 unspecified atom stereocenters. The van der Waals surface area contributed by atoms with E-state index >= 15 is 0 Å². The molecule has 1 saturated heterocycles. The molecule has 14 heavy (non-hydrogen) atoms. The fourth-order valence-electron chi connectivity index (χ4n) is 2.13. The second-order valence-corrected chi connectivity index (χ2v) is 4.86. The van der Waals surface area contributed by atoms with E-state index in [0.717, 1.165) is 44.7 Å². The van der Waals surface area contributed by atoms with Gasteiger partial charge in [-0.1, -0.05) is 0 Å². The highest BCUT2D eigenvalue weighted by molar-refractivity contribution is 6.18. The highest BCUT2D eigenvalue weighted by Gasteiger charge is 2.33. The third-order valence-electron chi connectivity index (χ3n) is 3.30. The molecule has 3 heteroatoms. The van der Waals surface area contributed by atoms with Crippen molar-refractivity contribution in [3.63, 3.8) is 0 Å². The summed E-state index contributed by atoms with van der Waals surface area (Å²) in [6, 6.07) is 0. The Labute approximate surface area is 90.6 Å². The summed E-state index contributed by atoms with van der Waals surface area (Å²) in [4.78, 5) is 13.9. The van der Waals surface area contributed by atoms with Crippen LogP contribution in [0.3, 0.4) is 0 Å². The molecule has 0 radical (unpaired) electrons. The molecule has 1 aliphatic heterocycles. The van der Waals surface area contributed by atoms with Crippen LogP contribution in [-0.2, 0) is 4.79 Å². The molecule has 0 bridgehead atoms. The molecule has 1 saturated carbocycles. The summed E-state index contributed by atoms with van der Waals surface area (Å²) in [6.45, 7) is 1.90. The third kappa shape index (κ3) is 2.41. The van der Waals surface area contributed by atoms with Gasteiger partial charge >= 0.3 is 0 Å². The zero-order valence-corrected chi connectivity index (χ0v) is 9.30. The van der Waals surface area contributed by atoms with Crippen molar-refractivity contribution < 1.29 is 4.79 Å². The molecular formula is C11H18ClNO. The maximum absolute atomic E-state index is 11.8. The Balaban J connectivity index is 1.84. The summed E-state index contributed by atoms with van der Waals surface area (Å²) in [7, 11) is 0. The number of likely N-dealkylation sites (tertiary alicyclic amines) is 1. The predicted octanol–water partition coefficient (Wildman–Crippen LogP) is 2.26. The van der Waals surface area contributed by atoms with Crippen molar-refractivity contribution in [2.75, 3.05) is 19.0 Å². The zero-order chi connectivity index (χ0) is 9.97. The van der Waals surface area contributed by atoms with Crippen LogP contribution in [0, 0.1) is 11.8 Å². The molecule has 0 aromatic carbocycles. The largest absolute Gasteiger partial charge is 0.342 e. The van der Waals surface area contributed by atoms with E-state index in [2.05, 4.69) is 4.90 Å². The Morgan fingerprint density at radius 3 is 2.64 bits per heavy atom. The average Bonchev–Trinajstić information content (AvgIpc) is 3.03. The van der Waals surface area contributed by atoms with E-state index in [4.69, 9.17) is 11.6 Å². The van der Waals surface area contributed by atoms with E-state index in [9.17, 15) is 4.79 Å². The predicted molar refractivity (Wildman–Crippen MR) is 57.4 cm³/mol. The van der Waals surface area contributed by atoms with Crippen LogP contribution >= 0.6 is 11.6 Å². The molecule has 1 aliphatic carbocycles. The molecule has 2 nitrogen and oxygen atoms in total. The first kappa shape index (κ1) is 10.3. The van der Waals surface area contributed by atoms with Crippen LogP contribution in [0.15, 0.2) is 0 Å². The van der Waals surface area contributed by atoms with Crippen LogP contribution in [0.5, 0.6) is 0 Å². The molecule has 2 rings (SSSR count). The first-order valence-corrected chi connectivity index (χ1v) is 6.19. The number of carbonyl (C=O) groups excluding carboxylic acids is 1. The van der Waals surface area contributed by atoms with Crippen LogP contribution in [0.2, 0.25) is 0 Å². The minimum Gasteiger partial charge on any atom is -0.342 e. The summed E-state index contributed by atoms with van der Waals surface area (Å²) < 4.78 is 0. The van der Waals surface area contributed by atoms with Gasteiger partial charge in [-0.2, -0.15) is 0 Å². The lowest BCUT2D eigenvalue weighted by molar-refractivity contribution is -0.132. The Bertz CT molecular complexity index is 215. The normalized spacial score (nSPS) is 28.6. The van der Waals surface area contributed by atoms with E-state index < -0.39 is 0 Å². The number of rotatable bonds is 2. The molecule has 2 fully saturated rings. The third-order valence-corrected chi connectivity index (χ3v) is 3.74. The Kier molecular flexibility index (Phi) is 3.32. The topological polar surface area (TPSA) is 20.3 Å². The van der Waals surface area contributed by atoms with Crippen LogP contribution in [0.4, 0.5) is 0 Å². The van der Waals surface area contributed by atoms with Gasteiger partial charge in [-0.3, -0.25) is 4.79 Å². The van der Waals surface area contributed by atoms with Gasteiger partial charge in [-0.25, -0.2) is 0 Å². The summed E-state index contributed by atoms with van der Waals surface area (Å²) in [5.74, 6) is 2.17. The average molecular weight is 216 g/mol. The molecule has 0 aromatic heterocycles. The maximum Gasteiger partial charge on any atom is 0.225 e. The van der Waals surface area contributed by atoms with E-state index in [1.165, 1.54) is 6.42 Å². The molecule has 1 atom stereocenters. The van der Waals surface area contributed by atoms with Crippen molar-refractivity contribution in [1.29, 1.82) is 0 Å². The summed E-state index contributed by atoms with van der Waals surface area (Å²) in [5, 5.41) is 0. The molecule has 1 heterocycles. The fraction of sp³-hybridized carbons (Fsp3) is 0.909. The minimum absolute atomic E-state index is 0.377. The molecule has 80 valence electrons. The van der Waals surface area contributed by atoms with Gasteiger partial charge in [0.2, 0.25) is 5.91 Å². The van der Waals surface area contributed by atoms with Gasteiger partial charge in [0, 0.05) is 24.9 Å². The number of hydrogen-bond acceptors (Lipinski definition) is 1. The van der Waals surface area contributed by atoms with Crippen LogP contribution in [0.25, 0.3) is 0 Å².